The van der Waals surface area contributed by atoms with Gasteiger partial charge in [-0.05, 0) is 37.1 Å². The summed E-state index contributed by atoms with van der Waals surface area (Å²) in [4.78, 5) is 30.9. The number of rotatable bonds is 5. The zero-order valence-electron chi connectivity index (χ0n) is 18.1. The molecule has 10 nitrogen and oxygen atoms in total. The van der Waals surface area contributed by atoms with Crippen LogP contribution < -0.4 is 22.3 Å². The van der Waals surface area contributed by atoms with Gasteiger partial charge < -0.3 is 16.8 Å². The van der Waals surface area contributed by atoms with Gasteiger partial charge in [0.1, 0.15) is 29.6 Å². The van der Waals surface area contributed by atoms with Gasteiger partial charge in [0.15, 0.2) is 0 Å². The average Bonchev–Trinajstić information content (AvgIpc) is 3.51. The lowest BCUT2D eigenvalue weighted by Crippen LogP contribution is -2.48. The molecule has 0 amide bonds. The van der Waals surface area contributed by atoms with Gasteiger partial charge >= 0.3 is 0 Å². The largest absolute Gasteiger partial charge is 0.353 e. The van der Waals surface area contributed by atoms with Crippen LogP contribution in [0.4, 0.5) is 5.82 Å². The van der Waals surface area contributed by atoms with E-state index in [4.69, 9.17) is 28.1 Å². The molecule has 170 valence electrons. The van der Waals surface area contributed by atoms with Crippen LogP contribution in [-0.2, 0) is 5.41 Å². The van der Waals surface area contributed by atoms with E-state index in [1.165, 1.54) is 17.1 Å². The summed E-state index contributed by atoms with van der Waals surface area (Å²) in [6.45, 7) is 1.88. The van der Waals surface area contributed by atoms with Crippen LogP contribution in [-0.4, -0.2) is 36.7 Å². The van der Waals surface area contributed by atoms with Crippen LogP contribution in [0.25, 0.3) is 16.6 Å². The minimum Gasteiger partial charge on any atom is -0.353 e. The Morgan fingerprint density at radius 1 is 1.32 bits per heavy atom. The number of aromatic nitrogens is 5. The maximum Gasteiger partial charge on any atom is 0.267 e. The third-order valence-corrected chi connectivity index (χ3v) is 6.44. The van der Waals surface area contributed by atoms with Gasteiger partial charge in [-0.1, -0.05) is 17.7 Å². The molecular formula is C23H20ClN9O. The molecule has 34 heavy (non-hydrogen) atoms. The number of hydrogen-bond donors (Lipinski definition) is 3. The van der Waals surface area contributed by atoms with Crippen LogP contribution in [0, 0.1) is 18.3 Å². The fraction of sp³-hybridized carbons (Fsp3) is 0.217. The Balaban J connectivity index is 1.74. The standard InChI is InChI=1S/C23H20ClN9O/c1-12-5-14(10-28-8-12)33-20(34)18-15(24)3-2-4-16(18)31-22(33)23(6-17(23)26)21(27)32-19-13(7-25)9-29-11-30-19/h2-5,8-11,17,21H,6,26-27H2,1H3,(H,29,30,32)/t17-,21-,23-/m0/s1. The maximum absolute atomic E-state index is 13.8. The highest BCUT2D eigenvalue weighted by Crippen LogP contribution is 2.49. The molecule has 5 N–H and O–H groups in total. The molecule has 0 aliphatic heterocycles. The van der Waals surface area contributed by atoms with Gasteiger partial charge in [-0.3, -0.25) is 14.3 Å². The van der Waals surface area contributed by atoms with Crippen molar-refractivity contribution in [2.45, 2.75) is 31.0 Å². The Labute approximate surface area is 199 Å². The normalized spacial score (nSPS) is 20.0. The number of hydrogen-bond acceptors (Lipinski definition) is 9. The van der Waals surface area contributed by atoms with Gasteiger partial charge in [-0.15, -0.1) is 0 Å². The Morgan fingerprint density at radius 2 is 2.12 bits per heavy atom. The number of nitrogens with zero attached hydrogens (tertiary/aromatic N) is 6. The first-order chi connectivity index (χ1) is 16.4. The van der Waals surface area contributed by atoms with Crippen molar-refractivity contribution in [2.24, 2.45) is 11.5 Å². The minimum absolute atomic E-state index is 0.237. The highest BCUT2D eigenvalue weighted by atomic mass is 35.5. The predicted octanol–water partition coefficient (Wildman–Crippen LogP) is 1.77. The van der Waals surface area contributed by atoms with E-state index in [2.05, 4.69) is 20.3 Å². The van der Waals surface area contributed by atoms with Crippen molar-refractivity contribution in [2.75, 3.05) is 5.32 Å². The van der Waals surface area contributed by atoms with E-state index in [1.807, 2.05) is 19.1 Å². The van der Waals surface area contributed by atoms with Gasteiger partial charge in [0, 0.05) is 12.2 Å². The first kappa shape index (κ1) is 21.9. The van der Waals surface area contributed by atoms with E-state index >= 15 is 0 Å². The minimum atomic E-state index is -0.920. The number of nitriles is 1. The van der Waals surface area contributed by atoms with E-state index in [9.17, 15) is 10.1 Å². The van der Waals surface area contributed by atoms with Gasteiger partial charge in [-0.25, -0.2) is 15.0 Å². The van der Waals surface area contributed by atoms with Crippen molar-refractivity contribution in [1.29, 1.82) is 5.26 Å². The van der Waals surface area contributed by atoms with E-state index in [-0.39, 0.29) is 16.9 Å². The molecule has 1 fully saturated rings. The van der Waals surface area contributed by atoms with Crippen molar-refractivity contribution >= 4 is 28.3 Å². The summed E-state index contributed by atoms with van der Waals surface area (Å²) in [5.41, 5.74) is 13.9. The number of fused-ring (bicyclic) bond motifs is 1. The molecule has 0 radical (unpaired) electrons. The Hall–Kier alpha value is -3.91. The number of pyridine rings is 1. The van der Waals surface area contributed by atoms with Gasteiger partial charge in [0.25, 0.3) is 5.56 Å². The second-order valence-electron chi connectivity index (χ2n) is 8.30. The number of aryl methyl sites for hydroxylation is 1. The fourth-order valence-electron chi connectivity index (χ4n) is 4.26. The van der Waals surface area contributed by atoms with Crippen molar-refractivity contribution in [3.05, 3.63) is 81.5 Å². The molecule has 0 unspecified atom stereocenters. The lowest BCUT2D eigenvalue weighted by Gasteiger charge is -2.28. The summed E-state index contributed by atoms with van der Waals surface area (Å²) >= 11 is 6.39. The number of anilines is 1. The molecule has 4 aromatic rings. The zero-order chi connectivity index (χ0) is 24.0. The lowest BCUT2D eigenvalue weighted by molar-refractivity contribution is 0.503. The number of nitrogens with two attached hydrogens (primary N) is 2. The predicted molar refractivity (Wildman–Crippen MR) is 127 cm³/mol. The summed E-state index contributed by atoms with van der Waals surface area (Å²) < 4.78 is 1.48. The van der Waals surface area contributed by atoms with Crippen molar-refractivity contribution < 1.29 is 0 Å². The summed E-state index contributed by atoms with van der Waals surface area (Å²) in [5, 5.41) is 13.1. The van der Waals surface area contributed by atoms with Crippen molar-refractivity contribution in [3.63, 3.8) is 0 Å². The number of nitrogens with one attached hydrogen (secondary N) is 1. The molecule has 3 aromatic heterocycles. The van der Waals surface area contributed by atoms with E-state index < -0.39 is 17.6 Å². The Bertz CT molecular complexity index is 1530. The summed E-state index contributed by atoms with van der Waals surface area (Å²) in [6.07, 6.45) is 5.65. The second kappa shape index (κ2) is 8.14. The summed E-state index contributed by atoms with van der Waals surface area (Å²) in [5.74, 6) is 0.665. The molecule has 0 spiro atoms. The van der Waals surface area contributed by atoms with Gasteiger partial charge in [-0.2, -0.15) is 5.26 Å². The van der Waals surface area contributed by atoms with E-state index in [0.717, 1.165) is 5.56 Å². The average molecular weight is 474 g/mol. The third kappa shape index (κ3) is 3.38. The van der Waals surface area contributed by atoms with E-state index in [1.54, 1.807) is 30.6 Å². The van der Waals surface area contributed by atoms with Crippen LogP contribution in [0.15, 0.2) is 54.0 Å². The SMILES string of the molecule is Cc1cncc(-n2c([C@@]3([C@@H](N)Nc4ncncc4C#N)C[C@@H]3N)nc3cccc(Cl)c3c2=O)c1. The molecule has 1 aliphatic carbocycles. The summed E-state index contributed by atoms with van der Waals surface area (Å²) in [6, 6.07) is 8.59. The smallest absolute Gasteiger partial charge is 0.267 e. The molecule has 11 heteroatoms. The van der Waals surface area contributed by atoms with Gasteiger partial charge in [0.2, 0.25) is 0 Å². The quantitative estimate of drug-likeness (QED) is 0.366. The molecule has 0 bridgehead atoms. The third-order valence-electron chi connectivity index (χ3n) is 6.12. The molecule has 1 aromatic carbocycles. The van der Waals surface area contributed by atoms with Gasteiger partial charge in [0.05, 0.1) is 45.6 Å². The molecule has 3 heterocycles. The summed E-state index contributed by atoms with van der Waals surface area (Å²) in [7, 11) is 0. The monoisotopic (exact) mass is 473 g/mol. The molecule has 0 saturated heterocycles. The highest BCUT2D eigenvalue weighted by Gasteiger charge is 2.61. The Kier molecular flexibility index (Phi) is 5.25. The van der Waals surface area contributed by atoms with Crippen LogP contribution in [0.3, 0.4) is 0 Å². The number of halogens is 1. The van der Waals surface area contributed by atoms with Crippen LogP contribution >= 0.6 is 11.6 Å². The van der Waals surface area contributed by atoms with Crippen LogP contribution in [0.5, 0.6) is 0 Å². The van der Waals surface area contributed by atoms with Crippen molar-refractivity contribution in [3.8, 4) is 11.8 Å². The van der Waals surface area contributed by atoms with E-state index in [0.29, 0.717) is 33.9 Å². The molecule has 1 aliphatic rings. The first-order valence-electron chi connectivity index (χ1n) is 10.5. The van der Waals surface area contributed by atoms with Crippen molar-refractivity contribution in [1.82, 2.24) is 24.5 Å². The zero-order valence-corrected chi connectivity index (χ0v) is 18.9. The second-order valence-corrected chi connectivity index (χ2v) is 8.71. The van der Waals surface area contributed by atoms with Crippen LogP contribution in [0.2, 0.25) is 5.02 Å². The molecule has 1 saturated carbocycles. The Morgan fingerprint density at radius 3 is 2.82 bits per heavy atom. The molecule has 3 atom stereocenters. The molecular weight excluding hydrogens is 454 g/mol. The number of benzene rings is 1. The highest BCUT2D eigenvalue weighted by molar-refractivity contribution is 6.35. The maximum atomic E-state index is 13.8. The van der Waals surface area contributed by atoms with Crippen LogP contribution in [0.1, 0.15) is 23.4 Å². The fourth-order valence-corrected chi connectivity index (χ4v) is 4.51. The lowest BCUT2D eigenvalue weighted by atomic mass is 9.99. The topological polar surface area (TPSA) is 161 Å². The molecule has 5 rings (SSSR count). The first-order valence-corrected chi connectivity index (χ1v) is 10.9.